The van der Waals surface area contributed by atoms with Crippen LogP contribution < -0.4 is 9.64 Å². The van der Waals surface area contributed by atoms with Gasteiger partial charge in [-0.1, -0.05) is 47.5 Å². The van der Waals surface area contributed by atoms with Crippen LogP contribution in [0.4, 0.5) is 10.5 Å². The lowest BCUT2D eigenvalue weighted by atomic mass is 10.2. The third kappa shape index (κ3) is 5.18. The topological polar surface area (TPSA) is 51.5 Å². The minimum Gasteiger partial charge on any atom is -0.489 e. The second-order valence-electron chi connectivity index (χ2n) is 8.53. The lowest BCUT2D eigenvalue weighted by molar-refractivity contribution is -0.113. The van der Waals surface area contributed by atoms with Crippen molar-refractivity contribution in [2.24, 2.45) is 0 Å². The van der Waals surface area contributed by atoms with Gasteiger partial charge in [0.25, 0.3) is 11.1 Å². The van der Waals surface area contributed by atoms with E-state index in [-0.39, 0.29) is 11.1 Å². The number of carbonyl (C=O) groups is 2. The smallest absolute Gasteiger partial charge is 0.298 e. The van der Waals surface area contributed by atoms with Crippen LogP contribution in [-0.4, -0.2) is 15.7 Å². The number of rotatable bonds is 6. The van der Waals surface area contributed by atoms with Crippen LogP contribution in [0.3, 0.4) is 0 Å². The predicted molar refractivity (Wildman–Crippen MR) is 151 cm³/mol. The van der Waals surface area contributed by atoms with Crippen LogP contribution in [0.5, 0.6) is 5.75 Å². The Morgan fingerprint density at radius 1 is 0.892 bits per heavy atom. The molecule has 5 nitrogen and oxygen atoms in total. The first-order chi connectivity index (χ1) is 17.8. The Bertz CT molecular complexity index is 1530. The molecule has 37 heavy (non-hydrogen) atoms. The average molecular weight is 549 g/mol. The number of nitrogens with zero attached hydrogens (tertiary/aromatic N) is 2. The molecular weight excluding hydrogens is 527 g/mol. The first-order valence-corrected chi connectivity index (χ1v) is 13.1. The monoisotopic (exact) mass is 548 g/mol. The number of amides is 2. The molecule has 1 aliphatic rings. The molecule has 0 spiro atoms. The molecule has 8 heteroatoms. The molecule has 0 bridgehead atoms. The van der Waals surface area contributed by atoms with E-state index in [2.05, 4.69) is 4.57 Å². The van der Waals surface area contributed by atoms with Gasteiger partial charge >= 0.3 is 0 Å². The van der Waals surface area contributed by atoms with Gasteiger partial charge in [0, 0.05) is 32.7 Å². The summed E-state index contributed by atoms with van der Waals surface area (Å²) >= 11 is 13.2. The Morgan fingerprint density at radius 3 is 2.32 bits per heavy atom. The summed E-state index contributed by atoms with van der Waals surface area (Å²) in [6.45, 7) is 4.33. The number of para-hydroxylation sites is 1. The van der Waals surface area contributed by atoms with Gasteiger partial charge in [-0.25, -0.2) is 4.90 Å². The highest BCUT2D eigenvalue weighted by Crippen LogP contribution is 2.36. The molecule has 0 atom stereocenters. The lowest BCUT2D eigenvalue weighted by Gasteiger charge is -2.12. The summed E-state index contributed by atoms with van der Waals surface area (Å²) in [5.74, 6) is 0.403. The minimum atomic E-state index is -0.312. The summed E-state index contributed by atoms with van der Waals surface area (Å²) in [4.78, 5) is 27.2. The molecule has 0 radical (unpaired) electrons. The fourth-order valence-corrected chi connectivity index (χ4v) is 5.53. The van der Waals surface area contributed by atoms with Gasteiger partial charge in [0.1, 0.15) is 12.4 Å². The van der Waals surface area contributed by atoms with Gasteiger partial charge in [0.05, 0.1) is 10.6 Å². The standard InChI is InChI=1S/C29H22Cl2N2O3S/c1-18-14-21(15-27-28(34)33(29(35)37-27)23-6-4-3-5-7-23)19(2)32(18)24-10-12-25(13-11-24)36-17-20-8-9-22(30)16-26(20)31/h3-16H,17H2,1-2H3/b27-15+. The molecule has 1 aromatic heterocycles. The van der Waals surface area contributed by atoms with E-state index in [1.165, 1.54) is 4.90 Å². The van der Waals surface area contributed by atoms with Gasteiger partial charge in [-0.3, -0.25) is 9.59 Å². The number of benzene rings is 3. The zero-order valence-corrected chi connectivity index (χ0v) is 22.4. The molecule has 1 saturated heterocycles. The van der Waals surface area contributed by atoms with Crippen molar-refractivity contribution in [3.63, 3.8) is 0 Å². The second kappa shape index (κ2) is 10.5. The van der Waals surface area contributed by atoms with E-state index in [0.717, 1.165) is 40.0 Å². The summed E-state index contributed by atoms with van der Waals surface area (Å²) in [5, 5.41) is 0.852. The van der Waals surface area contributed by atoms with Crippen molar-refractivity contribution in [2.45, 2.75) is 20.5 Å². The highest BCUT2D eigenvalue weighted by molar-refractivity contribution is 8.19. The number of aromatic nitrogens is 1. The number of imide groups is 1. The normalized spacial score (nSPS) is 14.6. The summed E-state index contributed by atoms with van der Waals surface area (Å²) in [5.41, 5.74) is 5.24. The maximum Gasteiger partial charge on any atom is 0.298 e. The maximum absolute atomic E-state index is 13.0. The molecule has 4 aromatic rings. The first kappa shape index (κ1) is 25.2. The molecule has 2 heterocycles. The molecule has 3 aromatic carbocycles. The van der Waals surface area contributed by atoms with E-state index >= 15 is 0 Å². The third-order valence-corrected chi connectivity index (χ3v) is 7.53. The quantitative estimate of drug-likeness (QED) is 0.228. The summed E-state index contributed by atoms with van der Waals surface area (Å²) in [7, 11) is 0. The Balaban J connectivity index is 1.35. The molecule has 0 N–H and O–H groups in total. The average Bonchev–Trinajstić information content (AvgIpc) is 3.32. The van der Waals surface area contributed by atoms with Gasteiger partial charge in [0.15, 0.2) is 0 Å². The molecule has 0 unspecified atom stereocenters. The fraction of sp³-hybridized carbons (Fsp3) is 0.103. The van der Waals surface area contributed by atoms with E-state index in [4.69, 9.17) is 27.9 Å². The van der Waals surface area contributed by atoms with E-state index < -0.39 is 0 Å². The Hall–Kier alpha value is -3.45. The van der Waals surface area contributed by atoms with E-state index in [9.17, 15) is 9.59 Å². The van der Waals surface area contributed by atoms with Crippen molar-refractivity contribution in [1.82, 2.24) is 4.57 Å². The van der Waals surface area contributed by atoms with E-state index in [1.807, 2.05) is 56.3 Å². The van der Waals surface area contributed by atoms with Gasteiger partial charge in [-0.15, -0.1) is 0 Å². The number of anilines is 1. The molecule has 2 amide bonds. The van der Waals surface area contributed by atoms with Crippen LogP contribution in [0.25, 0.3) is 11.8 Å². The van der Waals surface area contributed by atoms with Gasteiger partial charge in [-0.05, 0) is 91.8 Å². The Morgan fingerprint density at radius 2 is 1.62 bits per heavy atom. The molecular formula is C29H22Cl2N2O3S. The second-order valence-corrected chi connectivity index (χ2v) is 10.4. The van der Waals surface area contributed by atoms with Crippen molar-refractivity contribution in [3.05, 3.63) is 116 Å². The number of hydrogen-bond acceptors (Lipinski definition) is 4. The van der Waals surface area contributed by atoms with Crippen molar-refractivity contribution in [1.29, 1.82) is 0 Å². The van der Waals surface area contributed by atoms with Gasteiger partial charge in [0.2, 0.25) is 0 Å². The Labute approximate surface area is 229 Å². The van der Waals surface area contributed by atoms with Crippen LogP contribution in [0.15, 0.2) is 83.8 Å². The number of halogens is 2. The molecule has 0 saturated carbocycles. The number of thioether (sulfide) groups is 1. The van der Waals surface area contributed by atoms with Crippen molar-refractivity contribution >= 4 is 57.9 Å². The number of aryl methyl sites for hydroxylation is 1. The molecule has 0 aliphatic carbocycles. The third-order valence-electron chi connectivity index (χ3n) is 6.07. The first-order valence-electron chi connectivity index (χ1n) is 11.5. The number of hydrogen-bond donors (Lipinski definition) is 0. The van der Waals surface area contributed by atoms with Crippen LogP contribution in [-0.2, 0) is 11.4 Å². The zero-order valence-electron chi connectivity index (χ0n) is 20.1. The van der Waals surface area contributed by atoms with Crippen LogP contribution in [0.2, 0.25) is 10.0 Å². The predicted octanol–water partition coefficient (Wildman–Crippen LogP) is 8.22. The van der Waals surface area contributed by atoms with Crippen LogP contribution in [0.1, 0.15) is 22.5 Å². The molecule has 1 aliphatic heterocycles. The molecule has 5 rings (SSSR count). The van der Waals surface area contributed by atoms with Crippen molar-refractivity contribution in [3.8, 4) is 11.4 Å². The Kier molecular flexibility index (Phi) is 7.15. The SMILES string of the molecule is Cc1cc(/C=C2/SC(=O)N(c3ccccc3)C2=O)c(C)n1-c1ccc(OCc2ccc(Cl)cc2Cl)cc1. The summed E-state index contributed by atoms with van der Waals surface area (Å²) in [6.07, 6.45) is 1.79. The van der Waals surface area contributed by atoms with Crippen LogP contribution >= 0.6 is 35.0 Å². The van der Waals surface area contributed by atoms with E-state index in [0.29, 0.717) is 33.0 Å². The summed E-state index contributed by atoms with van der Waals surface area (Å²) in [6, 6.07) is 24.1. The summed E-state index contributed by atoms with van der Waals surface area (Å²) < 4.78 is 8.01. The van der Waals surface area contributed by atoms with Crippen LogP contribution in [0, 0.1) is 13.8 Å². The highest BCUT2D eigenvalue weighted by atomic mass is 35.5. The maximum atomic E-state index is 13.0. The zero-order chi connectivity index (χ0) is 26.1. The van der Waals surface area contributed by atoms with Crippen molar-refractivity contribution in [2.75, 3.05) is 4.90 Å². The largest absolute Gasteiger partial charge is 0.489 e. The fourth-order valence-electron chi connectivity index (χ4n) is 4.23. The lowest BCUT2D eigenvalue weighted by Crippen LogP contribution is -2.27. The molecule has 186 valence electrons. The van der Waals surface area contributed by atoms with Crippen molar-refractivity contribution < 1.29 is 14.3 Å². The van der Waals surface area contributed by atoms with Gasteiger partial charge in [-0.2, -0.15) is 0 Å². The van der Waals surface area contributed by atoms with Gasteiger partial charge < -0.3 is 9.30 Å². The highest BCUT2D eigenvalue weighted by Gasteiger charge is 2.36. The molecule has 1 fully saturated rings. The number of ether oxygens (including phenoxy) is 1. The number of carbonyl (C=O) groups excluding carboxylic acids is 2. The van der Waals surface area contributed by atoms with E-state index in [1.54, 1.807) is 42.5 Å². The minimum absolute atomic E-state index is 0.299.